The van der Waals surface area contributed by atoms with Crippen LogP contribution in [0.5, 0.6) is 0 Å². The van der Waals surface area contributed by atoms with Gasteiger partial charge in [0.15, 0.2) is 0 Å². The normalized spacial score (nSPS) is 12.6. The Balaban J connectivity index is 4.34. The first kappa shape index (κ1) is 16.4. The maximum atomic E-state index is 12.1. The first-order valence-electron chi connectivity index (χ1n) is 5.60. The number of carbonyl (C=O) groups excluding carboxylic acids is 1. The van der Waals surface area contributed by atoms with Gasteiger partial charge in [0.1, 0.15) is 6.61 Å². The number of ether oxygens (including phenoxy) is 1. The van der Waals surface area contributed by atoms with E-state index in [4.69, 9.17) is 13.8 Å². The van der Waals surface area contributed by atoms with Crippen molar-refractivity contribution in [1.82, 2.24) is 0 Å². The molecule has 0 spiro atoms. The number of carbonyl (C=O) groups is 1. The summed E-state index contributed by atoms with van der Waals surface area (Å²) in [4.78, 5) is 10.6. The number of esters is 1. The van der Waals surface area contributed by atoms with Crippen molar-refractivity contribution >= 4 is 13.6 Å². The van der Waals surface area contributed by atoms with Crippen LogP contribution in [0.4, 0.5) is 0 Å². The third-order valence-corrected chi connectivity index (χ3v) is 4.00. The van der Waals surface area contributed by atoms with Gasteiger partial charge in [0.25, 0.3) is 0 Å². The Bertz CT molecular complexity index is 301. The van der Waals surface area contributed by atoms with Crippen LogP contribution in [0.15, 0.2) is 11.6 Å². The van der Waals surface area contributed by atoms with Crippen molar-refractivity contribution < 1.29 is 23.1 Å². The second kappa shape index (κ2) is 8.45. The van der Waals surface area contributed by atoms with Gasteiger partial charge in [-0.2, -0.15) is 0 Å². The van der Waals surface area contributed by atoms with Crippen LogP contribution in [0, 0.1) is 0 Å². The van der Waals surface area contributed by atoms with E-state index in [-0.39, 0.29) is 18.7 Å². The lowest BCUT2D eigenvalue weighted by molar-refractivity contribution is -0.139. The average Bonchev–Trinajstić information content (AvgIpc) is 2.16. The lowest BCUT2D eigenvalue weighted by Gasteiger charge is -2.17. The number of hydrogen-bond acceptors (Lipinski definition) is 5. The van der Waals surface area contributed by atoms with Crippen molar-refractivity contribution in [1.29, 1.82) is 0 Å². The first-order valence-corrected chi connectivity index (χ1v) is 7.33. The molecule has 0 atom stereocenters. The highest BCUT2D eigenvalue weighted by Crippen LogP contribution is 2.49. The number of hydrogen-bond donors (Lipinski definition) is 0. The lowest BCUT2D eigenvalue weighted by atomic mass is 10.3. The Morgan fingerprint density at radius 3 is 2.12 bits per heavy atom. The Labute approximate surface area is 103 Å². The van der Waals surface area contributed by atoms with Crippen LogP contribution in [0.3, 0.4) is 0 Å². The standard InChI is InChI=1S/C11H21O5P/c1-5-15-17(13,16-6-2)9-10(3)7-8-14-11(4)12/h7H,5-6,8-9H2,1-4H3. The molecule has 0 radical (unpaired) electrons. The fraction of sp³-hybridized carbons (Fsp3) is 0.727. The fourth-order valence-electron chi connectivity index (χ4n) is 1.19. The Morgan fingerprint density at radius 1 is 1.18 bits per heavy atom. The van der Waals surface area contributed by atoms with Crippen LogP contribution in [0.25, 0.3) is 0 Å². The molecule has 0 aromatic rings. The monoisotopic (exact) mass is 264 g/mol. The van der Waals surface area contributed by atoms with E-state index in [0.717, 1.165) is 5.57 Å². The molecule has 0 unspecified atom stereocenters. The van der Waals surface area contributed by atoms with E-state index in [0.29, 0.717) is 13.2 Å². The van der Waals surface area contributed by atoms with E-state index in [2.05, 4.69) is 0 Å². The van der Waals surface area contributed by atoms with Gasteiger partial charge in [-0.25, -0.2) is 0 Å². The van der Waals surface area contributed by atoms with Crippen LogP contribution in [0.1, 0.15) is 27.7 Å². The zero-order valence-electron chi connectivity index (χ0n) is 10.9. The van der Waals surface area contributed by atoms with E-state index in [1.807, 2.05) is 0 Å². The van der Waals surface area contributed by atoms with Gasteiger partial charge in [0.2, 0.25) is 0 Å². The molecule has 0 amide bonds. The van der Waals surface area contributed by atoms with Gasteiger partial charge in [0, 0.05) is 6.92 Å². The highest BCUT2D eigenvalue weighted by Gasteiger charge is 2.23. The quantitative estimate of drug-likeness (QED) is 0.383. The van der Waals surface area contributed by atoms with E-state index in [9.17, 15) is 9.36 Å². The molecule has 0 aromatic heterocycles. The maximum absolute atomic E-state index is 12.1. The van der Waals surface area contributed by atoms with E-state index >= 15 is 0 Å². The third-order valence-electron chi connectivity index (χ3n) is 1.81. The summed E-state index contributed by atoms with van der Waals surface area (Å²) in [5.74, 6) is -0.341. The van der Waals surface area contributed by atoms with Crippen molar-refractivity contribution in [2.75, 3.05) is 26.0 Å². The second-order valence-electron chi connectivity index (χ2n) is 3.46. The molecule has 0 aromatic carbocycles. The molecule has 0 aliphatic heterocycles. The van der Waals surface area contributed by atoms with Gasteiger partial charge < -0.3 is 13.8 Å². The van der Waals surface area contributed by atoms with Crippen molar-refractivity contribution in [3.63, 3.8) is 0 Å². The molecule has 17 heavy (non-hydrogen) atoms. The van der Waals surface area contributed by atoms with Crippen LogP contribution in [-0.4, -0.2) is 32.0 Å². The highest BCUT2D eigenvalue weighted by atomic mass is 31.2. The van der Waals surface area contributed by atoms with E-state index in [1.54, 1.807) is 26.8 Å². The Hall–Kier alpha value is -0.640. The largest absolute Gasteiger partial charge is 0.462 e. The molecule has 6 heteroatoms. The molecule has 0 aliphatic carbocycles. The van der Waals surface area contributed by atoms with E-state index < -0.39 is 7.60 Å². The summed E-state index contributed by atoms with van der Waals surface area (Å²) in [6.07, 6.45) is 1.92. The van der Waals surface area contributed by atoms with Gasteiger partial charge in [0.05, 0.1) is 19.4 Å². The van der Waals surface area contributed by atoms with Crippen LogP contribution < -0.4 is 0 Å². The summed E-state index contributed by atoms with van der Waals surface area (Å²) in [6.45, 7) is 7.54. The predicted octanol–water partition coefficient (Wildman–Crippen LogP) is 2.76. The summed E-state index contributed by atoms with van der Waals surface area (Å²) in [7, 11) is -3.05. The molecule has 0 fully saturated rings. The minimum absolute atomic E-state index is 0.180. The summed E-state index contributed by atoms with van der Waals surface area (Å²) < 4.78 is 27.2. The predicted molar refractivity (Wildman–Crippen MR) is 66.1 cm³/mol. The summed E-state index contributed by atoms with van der Waals surface area (Å²) in [6, 6.07) is 0. The summed E-state index contributed by atoms with van der Waals surface area (Å²) in [5.41, 5.74) is 0.816. The Morgan fingerprint density at radius 2 is 1.71 bits per heavy atom. The van der Waals surface area contributed by atoms with Crippen molar-refractivity contribution in [3.05, 3.63) is 11.6 Å². The van der Waals surface area contributed by atoms with Gasteiger partial charge in [-0.3, -0.25) is 9.36 Å². The summed E-state index contributed by atoms with van der Waals surface area (Å²) >= 11 is 0. The van der Waals surface area contributed by atoms with Crippen LogP contribution >= 0.6 is 7.60 Å². The number of allylic oxidation sites excluding steroid dienone is 1. The van der Waals surface area contributed by atoms with Crippen LogP contribution in [-0.2, 0) is 23.1 Å². The molecular formula is C11H21O5P. The second-order valence-corrected chi connectivity index (χ2v) is 5.51. The van der Waals surface area contributed by atoms with Crippen molar-refractivity contribution in [2.24, 2.45) is 0 Å². The molecule has 0 saturated heterocycles. The zero-order chi connectivity index (χ0) is 13.3. The fourth-order valence-corrected chi connectivity index (χ4v) is 2.98. The minimum atomic E-state index is -3.05. The maximum Gasteiger partial charge on any atom is 0.334 e. The molecule has 0 rings (SSSR count). The zero-order valence-corrected chi connectivity index (χ0v) is 11.8. The molecular weight excluding hydrogens is 243 g/mol. The molecule has 5 nitrogen and oxygen atoms in total. The molecule has 100 valence electrons. The lowest BCUT2D eigenvalue weighted by Crippen LogP contribution is -2.03. The average molecular weight is 264 g/mol. The van der Waals surface area contributed by atoms with Crippen molar-refractivity contribution in [3.8, 4) is 0 Å². The van der Waals surface area contributed by atoms with Crippen LogP contribution in [0.2, 0.25) is 0 Å². The van der Waals surface area contributed by atoms with Gasteiger partial charge in [-0.15, -0.1) is 0 Å². The highest BCUT2D eigenvalue weighted by molar-refractivity contribution is 7.54. The summed E-state index contributed by atoms with van der Waals surface area (Å²) in [5, 5.41) is 0. The molecule has 0 heterocycles. The van der Waals surface area contributed by atoms with Crippen molar-refractivity contribution in [2.45, 2.75) is 27.7 Å². The van der Waals surface area contributed by atoms with E-state index in [1.165, 1.54) is 6.92 Å². The topological polar surface area (TPSA) is 61.8 Å². The van der Waals surface area contributed by atoms with Gasteiger partial charge >= 0.3 is 13.6 Å². The third kappa shape index (κ3) is 8.13. The number of rotatable bonds is 8. The first-order chi connectivity index (χ1) is 7.93. The van der Waals surface area contributed by atoms with Gasteiger partial charge in [-0.1, -0.05) is 5.57 Å². The van der Waals surface area contributed by atoms with Gasteiger partial charge in [-0.05, 0) is 26.8 Å². The molecule has 0 aliphatic rings. The molecule has 0 bridgehead atoms. The molecule has 0 N–H and O–H groups in total. The molecule has 0 saturated carbocycles. The smallest absolute Gasteiger partial charge is 0.334 e. The minimum Gasteiger partial charge on any atom is -0.462 e. The SMILES string of the molecule is CCOP(=O)(CC(C)=CCOC(C)=O)OCC. The Kier molecular flexibility index (Phi) is 8.13.